The molecule has 2 heterocycles. The number of carbonyl (C=O) groups excluding carboxylic acids is 2. The number of nitrogens with zero attached hydrogens (tertiary/aromatic N) is 1. The normalized spacial score (nSPS) is 16.3. The number of hydrogen-bond acceptors (Lipinski definition) is 4. The molecule has 0 saturated heterocycles. The zero-order valence-corrected chi connectivity index (χ0v) is 17.7. The second-order valence-electron chi connectivity index (χ2n) is 7.72. The lowest BCUT2D eigenvalue weighted by Crippen LogP contribution is -2.30. The molecular formula is C26H25NO4. The molecule has 0 bridgehead atoms. The average Bonchev–Trinajstić information content (AvgIpc) is 3.34. The molecule has 2 aromatic carbocycles. The lowest BCUT2D eigenvalue weighted by Gasteiger charge is -2.25. The number of rotatable bonds is 7. The minimum Gasteiger partial charge on any atom is -0.503 e. The van der Waals surface area contributed by atoms with Gasteiger partial charge in [-0.1, -0.05) is 49.4 Å². The van der Waals surface area contributed by atoms with Gasteiger partial charge in [-0.2, -0.15) is 0 Å². The third-order valence-electron chi connectivity index (χ3n) is 5.65. The van der Waals surface area contributed by atoms with Gasteiger partial charge in [0.1, 0.15) is 17.6 Å². The van der Waals surface area contributed by atoms with E-state index < -0.39 is 17.7 Å². The smallest absolute Gasteiger partial charge is 0.294 e. The van der Waals surface area contributed by atoms with Gasteiger partial charge in [-0.25, -0.2) is 0 Å². The van der Waals surface area contributed by atoms with E-state index in [0.29, 0.717) is 23.6 Å². The quantitative estimate of drug-likeness (QED) is 0.572. The Morgan fingerprint density at radius 3 is 2.32 bits per heavy atom. The van der Waals surface area contributed by atoms with Crippen LogP contribution in [-0.2, 0) is 22.4 Å². The molecule has 3 aromatic rings. The first kappa shape index (κ1) is 20.7. The highest BCUT2D eigenvalue weighted by atomic mass is 16.3. The van der Waals surface area contributed by atoms with Crippen molar-refractivity contribution in [2.24, 2.45) is 0 Å². The van der Waals surface area contributed by atoms with Gasteiger partial charge in [-0.3, -0.25) is 14.5 Å². The second-order valence-corrected chi connectivity index (χ2v) is 7.72. The monoisotopic (exact) mass is 415 g/mol. The van der Waals surface area contributed by atoms with Crippen molar-refractivity contribution in [1.29, 1.82) is 0 Å². The number of amides is 1. The van der Waals surface area contributed by atoms with Crippen molar-refractivity contribution in [3.8, 4) is 0 Å². The highest BCUT2D eigenvalue weighted by Crippen LogP contribution is 2.42. The summed E-state index contributed by atoms with van der Waals surface area (Å²) in [5, 5.41) is 10.7. The van der Waals surface area contributed by atoms with Gasteiger partial charge in [-0.15, -0.1) is 0 Å². The highest BCUT2D eigenvalue weighted by molar-refractivity contribution is 6.16. The van der Waals surface area contributed by atoms with E-state index in [9.17, 15) is 14.7 Å². The van der Waals surface area contributed by atoms with E-state index in [1.54, 1.807) is 19.1 Å². The molecule has 1 atom stereocenters. The lowest BCUT2D eigenvalue weighted by atomic mass is 9.96. The average molecular weight is 415 g/mol. The second kappa shape index (κ2) is 8.64. The topological polar surface area (TPSA) is 70.8 Å². The zero-order chi connectivity index (χ0) is 22.0. The van der Waals surface area contributed by atoms with Crippen molar-refractivity contribution in [2.45, 2.75) is 39.2 Å². The number of carbonyl (C=O) groups is 2. The van der Waals surface area contributed by atoms with E-state index in [-0.39, 0.29) is 17.8 Å². The molecule has 1 N–H and O–H groups in total. The van der Waals surface area contributed by atoms with Crippen LogP contribution in [0.4, 0.5) is 5.69 Å². The Morgan fingerprint density at radius 2 is 1.71 bits per heavy atom. The first-order valence-electron chi connectivity index (χ1n) is 10.5. The van der Waals surface area contributed by atoms with Gasteiger partial charge in [0, 0.05) is 12.1 Å². The molecule has 4 rings (SSSR count). The first-order chi connectivity index (χ1) is 15.0. The Kier molecular flexibility index (Phi) is 5.76. The lowest BCUT2D eigenvalue weighted by molar-refractivity contribution is -0.118. The molecule has 5 heteroatoms. The Balaban J connectivity index is 1.69. The predicted octanol–water partition coefficient (Wildman–Crippen LogP) is 5.25. The van der Waals surface area contributed by atoms with Crippen LogP contribution in [0.2, 0.25) is 0 Å². The van der Waals surface area contributed by atoms with Gasteiger partial charge < -0.3 is 9.52 Å². The van der Waals surface area contributed by atoms with Crippen LogP contribution >= 0.6 is 0 Å². The molecule has 158 valence electrons. The van der Waals surface area contributed by atoms with Crippen LogP contribution in [0.1, 0.15) is 42.0 Å². The summed E-state index contributed by atoms with van der Waals surface area (Å²) in [7, 11) is 0. The fraction of sp³-hybridized carbons (Fsp3) is 0.231. The number of aliphatic hydroxyl groups is 1. The number of Topliss-reactive ketones (excluding diaryl/α,β-unsaturated/α-hetero) is 1. The van der Waals surface area contributed by atoms with Crippen LogP contribution in [0.25, 0.3) is 0 Å². The van der Waals surface area contributed by atoms with Crippen molar-refractivity contribution in [2.75, 3.05) is 4.90 Å². The molecule has 0 aliphatic carbocycles. The van der Waals surface area contributed by atoms with Crippen LogP contribution in [0.15, 0.2) is 82.5 Å². The van der Waals surface area contributed by atoms with Gasteiger partial charge >= 0.3 is 0 Å². The molecule has 5 nitrogen and oxygen atoms in total. The van der Waals surface area contributed by atoms with Crippen LogP contribution in [0, 0.1) is 6.92 Å². The maximum Gasteiger partial charge on any atom is 0.294 e. The number of aliphatic hydroxyl groups excluding tert-OH is 1. The van der Waals surface area contributed by atoms with Crippen molar-refractivity contribution in [3.63, 3.8) is 0 Å². The SMILES string of the molecule is CCc1ccc(N2C(=O)C(O)=C(C(=O)CCc3ccccc3)C2c2ccc(C)o2)cc1. The Labute approximate surface area is 181 Å². The minimum atomic E-state index is -0.794. The van der Waals surface area contributed by atoms with Crippen molar-refractivity contribution in [1.82, 2.24) is 0 Å². The molecule has 1 unspecified atom stereocenters. The molecule has 1 aliphatic rings. The van der Waals surface area contributed by atoms with Crippen LogP contribution in [-0.4, -0.2) is 16.8 Å². The van der Waals surface area contributed by atoms with Crippen LogP contribution in [0.3, 0.4) is 0 Å². The van der Waals surface area contributed by atoms with E-state index in [0.717, 1.165) is 17.5 Å². The van der Waals surface area contributed by atoms with Gasteiger partial charge in [0.2, 0.25) is 0 Å². The van der Waals surface area contributed by atoms with E-state index >= 15 is 0 Å². The molecule has 1 aromatic heterocycles. The number of aryl methyl sites for hydroxylation is 3. The Hall–Kier alpha value is -3.60. The summed E-state index contributed by atoms with van der Waals surface area (Å²) < 4.78 is 5.81. The fourth-order valence-corrected chi connectivity index (χ4v) is 3.96. The standard InChI is InChI=1S/C26H25NO4/c1-3-18-10-13-20(14-11-18)27-24(22-16-9-17(2)31-22)23(25(29)26(27)30)21(28)15-12-19-7-5-4-6-8-19/h4-11,13-14,16,24,29H,3,12,15H2,1-2H3. The van der Waals surface area contributed by atoms with Crippen molar-refractivity contribution in [3.05, 3.63) is 101 Å². The third kappa shape index (κ3) is 4.04. The molecule has 0 fully saturated rings. The number of anilines is 1. The summed E-state index contributed by atoms with van der Waals surface area (Å²) in [6.07, 6.45) is 1.59. The summed E-state index contributed by atoms with van der Waals surface area (Å²) in [5.41, 5.74) is 2.86. The number of ketones is 1. The minimum absolute atomic E-state index is 0.0925. The van der Waals surface area contributed by atoms with Crippen LogP contribution < -0.4 is 4.90 Å². The maximum absolute atomic E-state index is 13.2. The Morgan fingerprint density at radius 1 is 1.00 bits per heavy atom. The fourth-order valence-electron chi connectivity index (χ4n) is 3.96. The number of furan rings is 1. The van der Waals surface area contributed by atoms with Gasteiger partial charge in [0.15, 0.2) is 11.5 Å². The van der Waals surface area contributed by atoms with Gasteiger partial charge in [-0.05, 0) is 55.2 Å². The van der Waals surface area contributed by atoms with Gasteiger partial charge in [0.25, 0.3) is 5.91 Å². The summed E-state index contributed by atoms with van der Waals surface area (Å²) in [6.45, 7) is 3.86. The van der Waals surface area contributed by atoms with Crippen LogP contribution in [0.5, 0.6) is 0 Å². The zero-order valence-electron chi connectivity index (χ0n) is 17.7. The molecule has 1 amide bonds. The van der Waals surface area contributed by atoms with E-state index in [1.807, 2.05) is 54.6 Å². The van der Waals surface area contributed by atoms with Crippen molar-refractivity contribution < 1.29 is 19.1 Å². The third-order valence-corrected chi connectivity index (χ3v) is 5.65. The highest BCUT2D eigenvalue weighted by Gasteiger charge is 2.45. The number of hydrogen-bond donors (Lipinski definition) is 1. The molecule has 1 aliphatic heterocycles. The van der Waals surface area contributed by atoms with Crippen molar-refractivity contribution >= 4 is 17.4 Å². The largest absolute Gasteiger partial charge is 0.503 e. The first-order valence-corrected chi connectivity index (χ1v) is 10.5. The Bertz CT molecular complexity index is 1130. The number of benzene rings is 2. The van der Waals surface area contributed by atoms with E-state index in [1.165, 1.54) is 4.90 Å². The summed E-state index contributed by atoms with van der Waals surface area (Å²) >= 11 is 0. The molecule has 0 saturated carbocycles. The molecule has 31 heavy (non-hydrogen) atoms. The molecular weight excluding hydrogens is 390 g/mol. The summed E-state index contributed by atoms with van der Waals surface area (Å²) in [4.78, 5) is 27.7. The summed E-state index contributed by atoms with van der Waals surface area (Å²) in [6, 6.07) is 20.0. The molecule has 0 spiro atoms. The predicted molar refractivity (Wildman–Crippen MR) is 119 cm³/mol. The molecule has 0 radical (unpaired) electrons. The van der Waals surface area contributed by atoms with Gasteiger partial charge in [0.05, 0.1) is 5.57 Å². The summed E-state index contributed by atoms with van der Waals surface area (Å²) in [5.74, 6) is -0.229. The van der Waals surface area contributed by atoms with E-state index in [4.69, 9.17) is 4.42 Å². The van der Waals surface area contributed by atoms with E-state index in [2.05, 4.69) is 6.92 Å². The maximum atomic E-state index is 13.2.